The summed E-state index contributed by atoms with van der Waals surface area (Å²) >= 11 is 1.30. The number of fused-ring (bicyclic) bond motifs is 1. The molecule has 0 spiro atoms. The van der Waals surface area contributed by atoms with Crippen LogP contribution in [0.25, 0.3) is 10.2 Å². The van der Waals surface area contributed by atoms with Crippen molar-refractivity contribution in [1.29, 1.82) is 0 Å². The molecule has 0 radical (unpaired) electrons. The number of carbonyl (C=O) groups is 1. The van der Waals surface area contributed by atoms with Crippen LogP contribution in [0.2, 0.25) is 0 Å². The Labute approximate surface area is 134 Å². The van der Waals surface area contributed by atoms with E-state index < -0.39 is 10.8 Å². The minimum absolute atomic E-state index is 0.00559. The van der Waals surface area contributed by atoms with Crippen molar-refractivity contribution in [3.05, 3.63) is 50.6 Å². The van der Waals surface area contributed by atoms with E-state index in [0.717, 1.165) is 10.4 Å². The van der Waals surface area contributed by atoms with Gasteiger partial charge in [0.25, 0.3) is 11.6 Å². The first-order valence-corrected chi connectivity index (χ1v) is 7.52. The maximum absolute atomic E-state index is 12.3. The minimum Gasteiger partial charge on any atom is -0.319 e. The van der Waals surface area contributed by atoms with Crippen LogP contribution in [-0.2, 0) is 14.1 Å². The molecule has 0 fully saturated rings. The highest BCUT2D eigenvalue weighted by Gasteiger charge is 2.13. The third kappa shape index (κ3) is 2.66. The summed E-state index contributed by atoms with van der Waals surface area (Å²) < 4.78 is 3.99. The second-order valence-electron chi connectivity index (χ2n) is 5.06. The van der Waals surface area contributed by atoms with E-state index in [1.165, 1.54) is 28.2 Å². The van der Waals surface area contributed by atoms with E-state index in [0.29, 0.717) is 16.0 Å². The lowest BCUT2D eigenvalue weighted by Crippen LogP contribution is -2.15. The third-order valence-electron chi connectivity index (χ3n) is 3.42. The highest BCUT2D eigenvalue weighted by molar-refractivity contribution is 7.16. The van der Waals surface area contributed by atoms with Crippen molar-refractivity contribution in [1.82, 2.24) is 14.3 Å². The van der Waals surface area contributed by atoms with Crippen LogP contribution in [0.5, 0.6) is 0 Å². The molecule has 23 heavy (non-hydrogen) atoms. The summed E-state index contributed by atoms with van der Waals surface area (Å²) in [4.78, 5) is 27.3. The molecule has 0 atom stereocenters. The lowest BCUT2D eigenvalue weighted by atomic mass is 10.3. The van der Waals surface area contributed by atoms with Crippen molar-refractivity contribution in [2.45, 2.75) is 6.92 Å². The first-order chi connectivity index (χ1) is 10.9. The summed E-state index contributed by atoms with van der Waals surface area (Å²) in [5.41, 5.74) is 1.80. The number of nitro benzene ring substituents is 1. The van der Waals surface area contributed by atoms with Gasteiger partial charge in [-0.15, -0.1) is 0 Å². The lowest BCUT2D eigenvalue weighted by Gasteiger charge is -1.96. The van der Waals surface area contributed by atoms with Gasteiger partial charge in [0.2, 0.25) is 0 Å². The van der Waals surface area contributed by atoms with Gasteiger partial charge in [0.1, 0.15) is 5.69 Å². The zero-order valence-electron chi connectivity index (χ0n) is 12.7. The number of thiazole rings is 1. The van der Waals surface area contributed by atoms with Gasteiger partial charge in [-0.2, -0.15) is 10.1 Å². The number of aryl methyl sites for hydroxylation is 3. The highest BCUT2D eigenvalue weighted by Crippen LogP contribution is 2.22. The average molecular weight is 331 g/mol. The van der Waals surface area contributed by atoms with Crippen LogP contribution in [0.1, 0.15) is 16.2 Å². The van der Waals surface area contributed by atoms with Crippen LogP contribution < -0.4 is 4.80 Å². The number of benzene rings is 1. The third-order valence-corrected chi connectivity index (χ3v) is 4.53. The molecule has 0 N–H and O–H groups in total. The molecule has 118 valence electrons. The summed E-state index contributed by atoms with van der Waals surface area (Å²) in [5.74, 6) is -0.398. The smallest absolute Gasteiger partial charge is 0.297 e. The fourth-order valence-electron chi connectivity index (χ4n) is 2.29. The summed E-state index contributed by atoms with van der Waals surface area (Å²) in [6.45, 7) is 1.80. The van der Waals surface area contributed by atoms with Crippen molar-refractivity contribution >= 4 is 33.1 Å². The van der Waals surface area contributed by atoms with Gasteiger partial charge in [0, 0.05) is 26.2 Å². The van der Waals surface area contributed by atoms with Crippen molar-refractivity contribution in [2.75, 3.05) is 0 Å². The number of nitrogens with zero attached hydrogens (tertiary/aromatic N) is 5. The Morgan fingerprint density at radius 2 is 2.09 bits per heavy atom. The van der Waals surface area contributed by atoms with Crippen LogP contribution >= 0.6 is 11.3 Å². The summed E-state index contributed by atoms with van der Waals surface area (Å²) in [5, 5.41) is 15.0. The van der Waals surface area contributed by atoms with Crippen molar-refractivity contribution in [3.63, 3.8) is 0 Å². The SMILES string of the molecule is Cc1cc(C(=O)N=c2sc3ccc([N+](=O)[O-])cc3n2C)n(C)n1. The summed E-state index contributed by atoms with van der Waals surface area (Å²) in [6, 6.07) is 6.25. The molecule has 3 aromatic rings. The number of rotatable bonds is 2. The first kappa shape index (κ1) is 15.1. The molecule has 0 bridgehead atoms. The van der Waals surface area contributed by atoms with Gasteiger partial charge in [-0.25, -0.2) is 0 Å². The molecular weight excluding hydrogens is 318 g/mol. The topological polar surface area (TPSA) is 95.3 Å². The van der Waals surface area contributed by atoms with E-state index in [4.69, 9.17) is 0 Å². The molecule has 0 aliphatic heterocycles. The minimum atomic E-state index is -0.447. The molecule has 0 saturated carbocycles. The van der Waals surface area contributed by atoms with E-state index in [-0.39, 0.29) is 5.69 Å². The molecule has 0 unspecified atom stereocenters. The number of hydrogen-bond donors (Lipinski definition) is 0. The molecular formula is C14H13N5O3S. The van der Waals surface area contributed by atoms with Crippen molar-refractivity contribution < 1.29 is 9.72 Å². The first-order valence-electron chi connectivity index (χ1n) is 6.70. The predicted molar refractivity (Wildman–Crippen MR) is 85.3 cm³/mol. The van der Waals surface area contributed by atoms with E-state index in [1.807, 2.05) is 0 Å². The van der Waals surface area contributed by atoms with E-state index in [1.54, 1.807) is 37.7 Å². The largest absolute Gasteiger partial charge is 0.319 e. The van der Waals surface area contributed by atoms with Gasteiger partial charge in [-0.1, -0.05) is 11.3 Å². The van der Waals surface area contributed by atoms with E-state index in [9.17, 15) is 14.9 Å². The molecule has 2 aromatic heterocycles. The Balaban J connectivity index is 2.12. The predicted octanol–water partition coefficient (Wildman–Crippen LogP) is 1.93. The summed E-state index contributed by atoms with van der Waals surface area (Å²) in [6.07, 6.45) is 0. The number of non-ortho nitro benzene ring substituents is 1. The molecule has 9 heteroatoms. The van der Waals surface area contributed by atoms with Crippen LogP contribution in [0.3, 0.4) is 0 Å². The van der Waals surface area contributed by atoms with Gasteiger partial charge in [0.05, 0.1) is 20.8 Å². The molecule has 3 rings (SSSR count). The maximum Gasteiger partial charge on any atom is 0.297 e. The Morgan fingerprint density at radius 1 is 1.35 bits per heavy atom. The molecule has 0 aliphatic carbocycles. The van der Waals surface area contributed by atoms with Gasteiger partial charge in [-0.3, -0.25) is 19.6 Å². The van der Waals surface area contributed by atoms with Crippen LogP contribution in [-0.4, -0.2) is 25.2 Å². The monoisotopic (exact) mass is 331 g/mol. The second kappa shape index (κ2) is 5.43. The average Bonchev–Trinajstić information content (AvgIpc) is 2.99. The van der Waals surface area contributed by atoms with Crippen LogP contribution in [0.15, 0.2) is 29.3 Å². The number of aromatic nitrogens is 3. The molecule has 0 saturated heterocycles. The van der Waals surface area contributed by atoms with Crippen molar-refractivity contribution in [3.8, 4) is 0 Å². The van der Waals surface area contributed by atoms with E-state index >= 15 is 0 Å². The molecule has 8 nitrogen and oxygen atoms in total. The van der Waals surface area contributed by atoms with Gasteiger partial charge in [-0.05, 0) is 19.1 Å². The lowest BCUT2D eigenvalue weighted by molar-refractivity contribution is -0.384. The number of carbonyl (C=O) groups excluding carboxylic acids is 1. The fraction of sp³-hybridized carbons (Fsp3) is 0.214. The Bertz CT molecular complexity index is 1010. The van der Waals surface area contributed by atoms with Gasteiger partial charge >= 0.3 is 0 Å². The zero-order valence-corrected chi connectivity index (χ0v) is 13.5. The van der Waals surface area contributed by atoms with Crippen LogP contribution in [0, 0.1) is 17.0 Å². The zero-order chi connectivity index (χ0) is 16.7. The van der Waals surface area contributed by atoms with Gasteiger partial charge < -0.3 is 4.57 Å². The second-order valence-corrected chi connectivity index (χ2v) is 6.07. The number of hydrogen-bond acceptors (Lipinski definition) is 5. The van der Waals surface area contributed by atoms with E-state index in [2.05, 4.69) is 10.1 Å². The molecule has 2 heterocycles. The number of amides is 1. The van der Waals surface area contributed by atoms with Crippen molar-refractivity contribution in [2.24, 2.45) is 19.1 Å². The Hall–Kier alpha value is -2.81. The molecule has 0 aliphatic rings. The Kier molecular flexibility index (Phi) is 3.57. The Morgan fingerprint density at radius 3 is 2.70 bits per heavy atom. The fourth-order valence-corrected chi connectivity index (χ4v) is 3.29. The highest BCUT2D eigenvalue weighted by atomic mass is 32.1. The summed E-state index contributed by atoms with van der Waals surface area (Å²) in [7, 11) is 3.41. The number of nitro groups is 1. The van der Waals surface area contributed by atoms with Gasteiger partial charge in [0.15, 0.2) is 4.80 Å². The molecule has 1 aromatic carbocycles. The molecule has 1 amide bonds. The normalized spacial score (nSPS) is 12.0. The maximum atomic E-state index is 12.3. The van der Waals surface area contributed by atoms with Crippen LogP contribution in [0.4, 0.5) is 5.69 Å². The standard InChI is InChI=1S/C14H13N5O3S/c1-8-6-11(18(3)16-8)13(20)15-14-17(2)10-7-9(19(21)22)4-5-12(10)23-14/h4-7H,1-3H3. The quantitative estimate of drug-likeness (QED) is 0.529.